The van der Waals surface area contributed by atoms with Crippen LogP contribution in [0.5, 0.6) is 17.2 Å². The highest BCUT2D eigenvalue weighted by molar-refractivity contribution is 7.86. The molecule has 0 spiro atoms. The molecule has 5 aromatic carbocycles. The van der Waals surface area contributed by atoms with Gasteiger partial charge >= 0.3 is 0 Å². The van der Waals surface area contributed by atoms with Gasteiger partial charge in [0.2, 0.25) is 0 Å². The van der Waals surface area contributed by atoms with Crippen molar-refractivity contribution in [3.05, 3.63) is 72.8 Å². The van der Waals surface area contributed by atoms with Crippen LogP contribution in [0, 0.1) is 0 Å². The average molecular weight is 759 g/mol. The van der Waals surface area contributed by atoms with Crippen LogP contribution in [0.2, 0.25) is 0 Å². The number of hydrogen-bond donors (Lipinski definition) is 6. The second kappa shape index (κ2) is 13.5. The van der Waals surface area contributed by atoms with Crippen molar-refractivity contribution in [2.75, 3.05) is 25.7 Å². The molecule has 0 fully saturated rings. The Labute approximate surface area is 289 Å². The zero-order valence-corrected chi connectivity index (χ0v) is 28.6. The zero-order chi connectivity index (χ0) is 37.5. The topological polar surface area (TPSA) is 303 Å². The van der Waals surface area contributed by atoms with E-state index in [2.05, 4.69) is 20.5 Å². The molecule has 0 aliphatic carbocycles. The summed E-state index contributed by atoms with van der Waals surface area (Å²) in [5.74, 6) is -0.539. The first-order valence-electron chi connectivity index (χ1n) is 13.9. The Kier molecular flexibility index (Phi) is 9.71. The van der Waals surface area contributed by atoms with Crippen molar-refractivity contribution in [1.29, 1.82) is 0 Å². The van der Waals surface area contributed by atoms with Gasteiger partial charge in [0, 0.05) is 5.39 Å². The van der Waals surface area contributed by atoms with Crippen LogP contribution in [-0.2, 0) is 30.4 Å². The number of benzene rings is 5. The highest BCUT2D eigenvalue weighted by Gasteiger charge is 2.23. The average Bonchev–Trinajstić information content (AvgIpc) is 3.05. The molecule has 0 atom stereocenters. The lowest BCUT2D eigenvalue weighted by atomic mass is 10.0. The number of phenolic OH excluding ortho intramolecular Hbond substituents is 1. The lowest BCUT2D eigenvalue weighted by Crippen LogP contribution is -2.04. The monoisotopic (exact) mass is 758 g/mol. The van der Waals surface area contributed by atoms with E-state index in [0.717, 1.165) is 30.3 Å². The summed E-state index contributed by atoms with van der Waals surface area (Å²) in [4.78, 5) is -2.14. The van der Waals surface area contributed by atoms with Crippen molar-refractivity contribution in [2.45, 2.75) is 14.7 Å². The maximum Gasteiger partial charge on any atom is 0.298 e. The van der Waals surface area contributed by atoms with E-state index in [1.54, 1.807) is 30.3 Å². The normalized spacial score (nSPS) is 12.6. The van der Waals surface area contributed by atoms with Crippen LogP contribution in [-0.4, -0.2) is 58.2 Å². The van der Waals surface area contributed by atoms with Crippen molar-refractivity contribution in [1.82, 2.24) is 0 Å². The van der Waals surface area contributed by atoms with Gasteiger partial charge in [-0.1, -0.05) is 18.2 Å². The fourth-order valence-corrected chi connectivity index (χ4v) is 6.54. The maximum atomic E-state index is 12.0. The molecule has 18 nitrogen and oxygen atoms in total. The minimum atomic E-state index is -5.02. The molecular formula is C30H26N6O12S3. The molecule has 0 aliphatic heterocycles. The molecule has 51 heavy (non-hydrogen) atoms. The molecule has 21 heteroatoms. The first-order chi connectivity index (χ1) is 23.8. The van der Waals surface area contributed by atoms with Gasteiger partial charge in [0.05, 0.1) is 30.5 Å². The Balaban J connectivity index is 1.51. The number of anilines is 2. The van der Waals surface area contributed by atoms with Gasteiger partial charge in [0.1, 0.15) is 44.0 Å². The van der Waals surface area contributed by atoms with Crippen molar-refractivity contribution < 1.29 is 53.5 Å². The lowest BCUT2D eigenvalue weighted by Gasteiger charge is -2.11. The van der Waals surface area contributed by atoms with E-state index in [4.69, 9.17) is 20.9 Å². The SMILES string of the molecule is COc1cc(-c2ccc(N=Nc3c(O)c(S(=O)(=O)O)cc4cc(S(=O)(=O)O)ccc34)c(OC)c2)ccc1N=Nc1cc(S(=O)(=O)O)c(N)cc1N. The van der Waals surface area contributed by atoms with E-state index in [9.17, 15) is 44.0 Å². The highest BCUT2D eigenvalue weighted by atomic mass is 32.2. The molecule has 0 bridgehead atoms. The van der Waals surface area contributed by atoms with Crippen LogP contribution in [0.1, 0.15) is 0 Å². The van der Waals surface area contributed by atoms with Crippen molar-refractivity contribution >= 4 is 75.3 Å². The number of azo groups is 2. The Bertz CT molecular complexity index is 2630. The summed E-state index contributed by atoms with van der Waals surface area (Å²) in [5.41, 5.74) is 12.3. The smallest absolute Gasteiger partial charge is 0.298 e. The van der Waals surface area contributed by atoms with Gasteiger partial charge in [-0.25, -0.2) is 0 Å². The summed E-state index contributed by atoms with van der Waals surface area (Å²) < 4.78 is 110. The van der Waals surface area contributed by atoms with Crippen molar-refractivity contribution in [2.24, 2.45) is 20.5 Å². The van der Waals surface area contributed by atoms with E-state index in [1.165, 1.54) is 26.4 Å². The van der Waals surface area contributed by atoms with Crippen LogP contribution >= 0.6 is 0 Å². The molecule has 0 saturated carbocycles. The van der Waals surface area contributed by atoms with E-state index in [-0.39, 0.29) is 50.7 Å². The van der Waals surface area contributed by atoms with E-state index in [1.807, 2.05) is 0 Å². The molecule has 0 radical (unpaired) electrons. The number of nitrogen functional groups attached to an aromatic ring is 2. The van der Waals surface area contributed by atoms with Gasteiger partial charge in [-0.3, -0.25) is 13.7 Å². The summed E-state index contributed by atoms with van der Waals surface area (Å²) >= 11 is 0. The minimum Gasteiger partial charge on any atom is -0.504 e. The Hall–Kier alpha value is -5.71. The highest BCUT2D eigenvalue weighted by Crippen LogP contribution is 2.43. The van der Waals surface area contributed by atoms with E-state index >= 15 is 0 Å². The second-order valence-corrected chi connectivity index (χ2v) is 14.7. The fourth-order valence-electron chi connectivity index (χ4n) is 4.79. The molecule has 266 valence electrons. The number of methoxy groups -OCH3 is 2. The molecule has 0 aliphatic rings. The van der Waals surface area contributed by atoms with Gasteiger partial charge in [-0.15, -0.1) is 20.5 Å². The molecule has 0 saturated heterocycles. The molecule has 8 N–H and O–H groups in total. The van der Waals surface area contributed by atoms with E-state index < -0.39 is 56.5 Å². The third-order valence-corrected chi connectivity index (χ3v) is 9.88. The number of fused-ring (bicyclic) bond motifs is 1. The fraction of sp³-hybridized carbons (Fsp3) is 0.0667. The van der Waals surface area contributed by atoms with Crippen LogP contribution in [0.3, 0.4) is 0 Å². The number of rotatable bonds is 10. The second-order valence-electron chi connectivity index (χ2n) is 10.5. The van der Waals surface area contributed by atoms with Crippen LogP contribution in [0.25, 0.3) is 21.9 Å². The third-order valence-electron chi connectivity index (χ3n) is 7.25. The standard InChI is InChI=1S/C30H26N6O12S3/c1-47-25-10-15(3-7-22(25)33-35-24-14-27(50(41,42)43)21(32)13-20(24)31)16-4-8-23(26(11-16)48-2)34-36-29-19-6-5-18(49(38,39)40)9-17(19)12-28(30(29)37)51(44,45)46/h3-14,37H,31-32H2,1-2H3,(H,38,39,40)(H,41,42,43)(H,44,45,46). The molecule has 5 rings (SSSR count). The first kappa shape index (κ1) is 36.6. The van der Waals surface area contributed by atoms with Crippen LogP contribution in [0.4, 0.5) is 34.1 Å². The summed E-state index contributed by atoms with van der Waals surface area (Å²) in [5, 5.41) is 26.8. The van der Waals surface area contributed by atoms with Crippen LogP contribution in [0.15, 0.2) is 108 Å². The Morgan fingerprint density at radius 2 is 1.10 bits per heavy atom. The number of hydrogen-bond acceptors (Lipinski definition) is 15. The zero-order valence-electron chi connectivity index (χ0n) is 26.2. The molecule has 0 aromatic heterocycles. The lowest BCUT2D eigenvalue weighted by molar-refractivity contribution is 0.415. The summed E-state index contributed by atoms with van der Waals surface area (Å²) in [6.45, 7) is 0. The van der Waals surface area contributed by atoms with Gasteiger partial charge in [0.15, 0.2) is 5.75 Å². The van der Waals surface area contributed by atoms with Crippen molar-refractivity contribution in [3.8, 4) is 28.4 Å². The Morgan fingerprint density at radius 3 is 1.61 bits per heavy atom. The number of phenols is 1. The Morgan fingerprint density at radius 1 is 0.569 bits per heavy atom. The predicted molar refractivity (Wildman–Crippen MR) is 184 cm³/mol. The van der Waals surface area contributed by atoms with Crippen molar-refractivity contribution in [3.63, 3.8) is 0 Å². The minimum absolute atomic E-state index is 0.00407. The maximum absolute atomic E-state index is 12.0. The molecule has 0 amide bonds. The van der Waals surface area contributed by atoms with Gasteiger partial charge in [-0.05, 0) is 71.1 Å². The molecular weight excluding hydrogens is 733 g/mol. The summed E-state index contributed by atoms with van der Waals surface area (Å²) in [6, 6.07) is 15.6. The first-order valence-corrected chi connectivity index (χ1v) is 18.2. The summed E-state index contributed by atoms with van der Waals surface area (Å²) in [6.07, 6.45) is 0. The van der Waals surface area contributed by atoms with Crippen LogP contribution < -0.4 is 20.9 Å². The van der Waals surface area contributed by atoms with Gasteiger partial charge in [0.25, 0.3) is 30.4 Å². The molecule has 5 aromatic rings. The predicted octanol–water partition coefficient (Wildman–Crippen LogP) is 5.96. The molecule has 0 heterocycles. The van der Waals surface area contributed by atoms with Gasteiger partial charge < -0.3 is 26.0 Å². The molecule has 0 unspecified atom stereocenters. The summed E-state index contributed by atoms with van der Waals surface area (Å²) in [7, 11) is -11.6. The number of nitrogens with zero attached hydrogens (tertiary/aromatic N) is 4. The number of nitrogens with two attached hydrogens (primary N) is 2. The quantitative estimate of drug-likeness (QED) is 0.0544. The number of ether oxygens (including phenoxy) is 2. The number of aromatic hydroxyl groups is 1. The van der Waals surface area contributed by atoms with E-state index in [0.29, 0.717) is 11.1 Å². The largest absolute Gasteiger partial charge is 0.504 e. The van der Waals surface area contributed by atoms with Gasteiger partial charge in [-0.2, -0.15) is 25.3 Å². The third kappa shape index (κ3) is 7.72.